The van der Waals surface area contributed by atoms with E-state index >= 15 is 0 Å². The molecule has 0 aliphatic heterocycles. The number of rotatable bonds is 3. The van der Waals surface area contributed by atoms with E-state index in [0.717, 1.165) is 24.2 Å². The van der Waals surface area contributed by atoms with E-state index < -0.39 is 0 Å². The molecule has 0 spiro atoms. The molecule has 0 unspecified atom stereocenters. The summed E-state index contributed by atoms with van der Waals surface area (Å²) in [6.07, 6.45) is 0. The molecule has 0 aromatic heterocycles. The van der Waals surface area contributed by atoms with E-state index in [1.54, 1.807) is 0 Å². The average molecular weight is 331 g/mol. The summed E-state index contributed by atoms with van der Waals surface area (Å²) in [5.41, 5.74) is 4.12. The summed E-state index contributed by atoms with van der Waals surface area (Å²) in [4.78, 5) is 18.1. The van der Waals surface area contributed by atoms with Crippen molar-refractivity contribution in [1.82, 2.24) is 0 Å². The normalized spacial score (nSPS) is 8.71. The van der Waals surface area contributed by atoms with Gasteiger partial charge in [0, 0.05) is 26.9 Å². The summed E-state index contributed by atoms with van der Waals surface area (Å²) in [6.45, 7) is 6.06. The van der Waals surface area contributed by atoms with Gasteiger partial charge in [0.25, 0.3) is 0 Å². The largest absolute Gasteiger partial charge is 0.400 e. The Balaban J connectivity index is 0. The van der Waals surface area contributed by atoms with Crippen molar-refractivity contribution in [2.45, 2.75) is 6.92 Å². The maximum atomic E-state index is 8.00. The maximum Gasteiger partial charge on any atom is 0.106 e. The van der Waals surface area contributed by atoms with E-state index in [4.69, 9.17) is 14.7 Å². The number of azo groups is 1. The lowest BCUT2D eigenvalue weighted by molar-refractivity contribution is -0.0987. The predicted molar refractivity (Wildman–Crippen MR) is 98.5 cm³/mol. The van der Waals surface area contributed by atoms with Crippen LogP contribution in [-0.4, -0.2) is 39.9 Å². The molecule has 0 amide bonds. The minimum Gasteiger partial charge on any atom is -0.400 e. The highest BCUT2D eigenvalue weighted by Crippen LogP contribution is 2.21. The van der Waals surface area contributed by atoms with E-state index in [1.807, 2.05) is 76.2 Å². The molecule has 0 radical (unpaired) electrons. The van der Waals surface area contributed by atoms with Crippen LogP contribution in [0.4, 0.5) is 17.1 Å². The quantitative estimate of drug-likeness (QED) is 0.869. The maximum absolute atomic E-state index is 8.00. The van der Waals surface area contributed by atoms with Crippen LogP contribution in [-0.2, 0) is 9.59 Å². The molecule has 0 saturated carbocycles. The fraction of sp³-hybridized carbons (Fsp3) is 0.222. The molecule has 6 heteroatoms. The summed E-state index contributed by atoms with van der Waals surface area (Å²) in [7, 11) is 5.03. The van der Waals surface area contributed by atoms with Crippen molar-refractivity contribution < 1.29 is 14.7 Å². The fourth-order valence-electron chi connectivity index (χ4n) is 1.54. The third-order valence-corrected chi connectivity index (χ3v) is 2.68. The van der Waals surface area contributed by atoms with E-state index in [2.05, 4.69) is 22.1 Å². The number of anilines is 1. The van der Waals surface area contributed by atoms with E-state index in [1.165, 1.54) is 5.56 Å². The van der Waals surface area contributed by atoms with Gasteiger partial charge in [0.2, 0.25) is 0 Å². The van der Waals surface area contributed by atoms with E-state index in [-0.39, 0.29) is 0 Å². The van der Waals surface area contributed by atoms with Gasteiger partial charge in [-0.05, 0) is 43.3 Å². The summed E-state index contributed by atoms with van der Waals surface area (Å²) in [5.74, 6) is 0. The molecular weight excluding hydrogens is 306 g/mol. The Morgan fingerprint density at radius 1 is 0.750 bits per heavy atom. The minimum atomic E-state index is 0.862. The third-order valence-electron chi connectivity index (χ3n) is 2.68. The van der Waals surface area contributed by atoms with Crippen LogP contribution in [0.1, 0.15) is 5.56 Å². The number of carbonyl (C=O) groups excluding carboxylic acids is 2. The van der Waals surface area contributed by atoms with Crippen LogP contribution >= 0.6 is 0 Å². The molecule has 0 heterocycles. The van der Waals surface area contributed by atoms with Crippen molar-refractivity contribution in [3.63, 3.8) is 0 Å². The fourth-order valence-corrected chi connectivity index (χ4v) is 1.54. The van der Waals surface area contributed by atoms with Crippen molar-refractivity contribution in [2.24, 2.45) is 10.2 Å². The second kappa shape index (κ2) is 15.1. The molecule has 6 nitrogen and oxygen atoms in total. The predicted octanol–water partition coefficient (Wildman–Crippen LogP) is 3.72. The van der Waals surface area contributed by atoms with Crippen LogP contribution in [0, 0.1) is 6.92 Å². The number of aryl methyl sites for hydroxylation is 1. The molecule has 0 aliphatic rings. The molecular formula is C18H25N3O3. The topological polar surface area (TPSA) is 82.3 Å². The lowest BCUT2D eigenvalue weighted by Crippen LogP contribution is -2.07. The highest BCUT2D eigenvalue weighted by atomic mass is 16.2. The highest BCUT2D eigenvalue weighted by Gasteiger charge is 1.95. The second-order valence-electron chi connectivity index (χ2n) is 4.45. The van der Waals surface area contributed by atoms with Gasteiger partial charge in [-0.15, -0.1) is 0 Å². The number of aliphatic hydroxyl groups is 1. The Morgan fingerprint density at radius 3 is 1.42 bits per heavy atom. The number of carbonyl (C=O) groups is 2. The van der Waals surface area contributed by atoms with Gasteiger partial charge in [-0.1, -0.05) is 17.7 Å². The first-order chi connectivity index (χ1) is 11.6. The van der Waals surface area contributed by atoms with Crippen LogP contribution in [0.3, 0.4) is 0 Å². The van der Waals surface area contributed by atoms with Gasteiger partial charge in [-0.3, -0.25) is 0 Å². The van der Waals surface area contributed by atoms with E-state index in [0.29, 0.717) is 0 Å². The van der Waals surface area contributed by atoms with Crippen LogP contribution < -0.4 is 4.90 Å². The van der Waals surface area contributed by atoms with Gasteiger partial charge in [0.05, 0.1) is 11.4 Å². The minimum absolute atomic E-state index is 0.862. The Hall–Kier alpha value is -2.86. The van der Waals surface area contributed by atoms with Crippen LogP contribution in [0.25, 0.3) is 0 Å². The average Bonchev–Trinajstić information content (AvgIpc) is 2.66. The molecule has 0 atom stereocenters. The number of aliphatic hydroxyl groups excluding tert-OH is 1. The van der Waals surface area contributed by atoms with Crippen molar-refractivity contribution in [3.05, 3.63) is 54.1 Å². The van der Waals surface area contributed by atoms with Gasteiger partial charge >= 0.3 is 0 Å². The molecule has 1 N–H and O–H groups in total. The van der Waals surface area contributed by atoms with Gasteiger partial charge in [-0.25, -0.2) is 0 Å². The Kier molecular flexibility index (Phi) is 14.7. The monoisotopic (exact) mass is 331 g/mol. The molecule has 2 rings (SSSR count). The standard InChI is InChI=1S/C15H17N3.CH4O.2CH2O/c1-12-4-6-13(7-5-12)16-17-14-8-10-15(11-9-14)18(2)3;3*1-2/h4-11H,1-3H3;2H,1H3;2*1H2. The molecule has 130 valence electrons. The molecule has 0 bridgehead atoms. The van der Waals surface area contributed by atoms with E-state index in [9.17, 15) is 0 Å². The second-order valence-corrected chi connectivity index (χ2v) is 4.45. The van der Waals surface area contributed by atoms with Crippen molar-refractivity contribution in [3.8, 4) is 0 Å². The Morgan fingerprint density at radius 2 is 1.08 bits per heavy atom. The van der Waals surface area contributed by atoms with Gasteiger partial charge < -0.3 is 19.6 Å². The molecule has 2 aromatic carbocycles. The smallest absolute Gasteiger partial charge is 0.106 e. The number of nitrogens with zero attached hydrogens (tertiary/aromatic N) is 3. The zero-order valence-electron chi connectivity index (χ0n) is 14.6. The first kappa shape index (κ1) is 23.4. The molecule has 2 aromatic rings. The highest BCUT2D eigenvalue weighted by molar-refractivity contribution is 5.52. The van der Waals surface area contributed by atoms with Crippen LogP contribution in [0.2, 0.25) is 0 Å². The summed E-state index contributed by atoms with van der Waals surface area (Å²) >= 11 is 0. The van der Waals surface area contributed by atoms with Gasteiger partial charge in [0.15, 0.2) is 0 Å². The van der Waals surface area contributed by atoms with Crippen molar-refractivity contribution in [1.29, 1.82) is 0 Å². The summed E-state index contributed by atoms with van der Waals surface area (Å²) < 4.78 is 0. The van der Waals surface area contributed by atoms with Gasteiger partial charge in [-0.2, -0.15) is 10.2 Å². The third kappa shape index (κ3) is 9.22. The summed E-state index contributed by atoms with van der Waals surface area (Å²) in [6, 6.07) is 16.0. The van der Waals surface area contributed by atoms with Crippen molar-refractivity contribution in [2.75, 3.05) is 26.1 Å². The zero-order chi connectivity index (χ0) is 19.0. The summed E-state index contributed by atoms with van der Waals surface area (Å²) in [5, 5.41) is 15.4. The SMILES string of the molecule is C=O.C=O.CO.Cc1ccc(N=Nc2ccc(N(C)C)cc2)cc1. The molecule has 24 heavy (non-hydrogen) atoms. The Bertz CT molecular complexity index is 565. The van der Waals surface area contributed by atoms with Crippen LogP contribution in [0.15, 0.2) is 58.8 Å². The first-order valence-electron chi connectivity index (χ1n) is 6.93. The molecule has 0 saturated heterocycles. The lowest BCUT2D eigenvalue weighted by Gasteiger charge is -2.11. The lowest BCUT2D eigenvalue weighted by atomic mass is 10.2. The van der Waals surface area contributed by atoms with Crippen LogP contribution in [0.5, 0.6) is 0 Å². The number of hydrogen-bond donors (Lipinski definition) is 1. The number of hydrogen-bond acceptors (Lipinski definition) is 6. The Labute approximate surface area is 143 Å². The van der Waals surface area contributed by atoms with Gasteiger partial charge in [0.1, 0.15) is 13.6 Å². The molecule has 0 fully saturated rings. The zero-order valence-corrected chi connectivity index (χ0v) is 14.6. The van der Waals surface area contributed by atoms with Crippen molar-refractivity contribution >= 4 is 30.6 Å². The molecule has 0 aliphatic carbocycles. The number of benzene rings is 2. The first-order valence-corrected chi connectivity index (χ1v) is 6.93.